The van der Waals surface area contributed by atoms with E-state index in [2.05, 4.69) is 15.2 Å². The maximum Gasteiger partial charge on any atom is 0.416 e. The predicted octanol–water partition coefficient (Wildman–Crippen LogP) is 4.75. The lowest BCUT2D eigenvalue weighted by Crippen LogP contribution is -2.60. The third-order valence-electron chi connectivity index (χ3n) is 6.46. The van der Waals surface area contributed by atoms with Crippen LogP contribution in [0.5, 0.6) is 0 Å². The zero-order chi connectivity index (χ0) is 23.9. The summed E-state index contributed by atoms with van der Waals surface area (Å²) in [5, 5.41) is 2.81. The number of hydrogen-bond donors (Lipinski definition) is 1. The SMILES string of the molecule is O=C(Nc1ccc(F)cc1)C1Cc2cc(C(F)(F)F)ccc2N2CCN(c3ccccn3)CC12. The van der Waals surface area contributed by atoms with Crippen LogP contribution < -0.4 is 15.1 Å². The smallest absolute Gasteiger partial charge is 0.364 e. The van der Waals surface area contributed by atoms with Crippen molar-refractivity contribution in [1.82, 2.24) is 4.98 Å². The molecule has 1 N–H and O–H groups in total. The zero-order valence-electron chi connectivity index (χ0n) is 18.1. The van der Waals surface area contributed by atoms with Crippen molar-refractivity contribution in [3.8, 4) is 0 Å². The Bertz CT molecular complexity index is 1180. The number of anilines is 3. The number of nitrogens with zero attached hydrogens (tertiary/aromatic N) is 3. The van der Waals surface area contributed by atoms with Gasteiger partial charge in [-0.25, -0.2) is 9.37 Å². The highest BCUT2D eigenvalue weighted by atomic mass is 19.4. The lowest BCUT2D eigenvalue weighted by atomic mass is 9.82. The maximum absolute atomic E-state index is 13.4. The summed E-state index contributed by atoms with van der Waals surface area (Å²) >= 11 is 0. The summed E-state index contributed by atoms with van der Waals surface area (Å²) in [5.41, 5.74) is 0.931. The quantitative estimate of drug-likeness (QED) is 0.562. The molecule has 3 heterocycles. The number of rotatable bonds is 3. The summed E-state index contributed by atoms with van der Waals surface area (Å²) in [6.45, 7) is 1.67. The van der Waals surface area contributed by atoms with Gasteiger partial charge in [-0.2, -0.15) is 13.2 Å². The monoisotopic (exact) mass is 470 g/mol. The molecule has 1 fully saturated rings. The van der Waals surface area contributed by atoms with Crippen LogP contribution in [0.25, 0.3) is 0 Å². The number of pyridine rings is 1. The molecule has 9 heteroatoms. The van der Waals surface area contributed by atoms with Crippen LogP contribution in [0.1, 0.15) is 11.1 Å². The summed E-state index contributed by atoms with van der Waals surface area (Å²) in [5.74, 6) is -0.549. The Morgan fingerprint density at radius 2 is 1.82 bits per heavy atom. The lowest BCUT2D eigenvalue weighted by Gasteiger charge is -2.49. The second-order valence-electron chi connectivity index (χ2n) is 8.54. The van der Waals surface area contributed by atoms with Gasteiger partial charge in [0.25, 0.3) is 0 Å². The first-order valence-corrected chi connectivity index (χ1v) is 11.0. The molecule has 34 heavy (non-hydrogen) atoms. The average Bonchev–Trinajstić information content (AvgIpc) is 2.84. The highest BCUT2D eigenvalue weighted by Crippen LogP contribution is 2.40. The van der Waals surface area contributed by atoms with Crippen molar-refractivity contribution in [2.75, 3.05) is 34.8 Å². The van der Waals surface area contributed by atoms with E-state index < -0.39 is 23.5 Å². The van der Waals surface area contributed by atoms with E-state index >= 15 is 0 Å². The van der Waals surface area contributed by atoms with Gasteiger partial charge in [0.1, 0.15) is 11.6 Å². The lowest BCUT2D eigenvalue weighted by molar-refractivity contribution is -0.137. The number of benzene rings is 2. The molecule has 176 valence electrons. The van der Waals surface area contributed by atoms with Crippen molar-refractivity contribution in [1.29, 1.82) is 0 Å². The molecule has 2 unspecified atom stereocenters. The van der Waals surface area contributed by atoms with Crippen molar-refractivity contribution < 1.29 is 22.4 Å². The van der Waals surface area contributed by atoms with Crippen molar-refractivity contribution in [3.63, 3.8) is 0 Å². The Hall–Kier alpha value is -3.62. The number of halogens is 4. The second kappa shape index (κ2) is 8.62. The average molecular weight is 470 g/mol. The van der Waals surface area contributed by atoms with E-state index in [1.807, 2.05) is 23.1 Å². The summed E-state index contributed by atoms with van der Waals surface area (Å²) in [6, 6.07) is 14.5. The molecule has 0 aliphatic carbocycles. The van der Waals surface area contributed by atoms with E-state index in [1.54, 1.807) is 6.20 Å². The summed E-state index contributed by atoms with van der Waals surface area (Å²) in [7, 11) is 0. The van der Waals surface area contributed by atoms with Gasteiger partial charge in [-0.3, -0.25) is 4.79 Å². The van der Waals surface area contributed by atoms with Gasteiger partial charge < -0.3 is 15.1 Å². The largest absolute Gasteiger partial charge is 0.416 e. The van der Waals surface area contributed by atoms with Gasteiger partial charge in [-0.1, -0.05) is 6.07 Å². The van der Waals surface area contributed by atoms with E-state index in [0.717, 1.165) is 23.6 Å². The molecule has 1 aromatic heterocycles. The number of carbonyl (C=O) groups is 1. The number of piperazine rings is 1. The minimum atomic E-state index is -4.46. The molecule has 0 bridgehead atoms. The number of hydrogen-bond acceptors (Lipinski definition) is 4. The van der Waals surface area contributed by atoms with Crippen LogP contribution in [0.3, 0.4) is 0 Å². The van der Waals surface area contributed by atoms with Crippen LogP contribution in [0.15, 0.2) is 66.9 Å². The Morgan fingerprint density at radius 3 is 2.53 bits per heavy atom. The minimum Gasteiger partial charge on any atom is -0.364 e. The normalized spacial score (nSPS) is 19.9. The number of amides is 1. The van der Waals surface area contributed by atoms with Crippen LogP contribution in [0.2, 0.25) is 0 Å². The van der Waals surface area contributed by atoms with E-state index in [9.17, 15) is 22.4 Å². The first-order valence-electron chi connectivity index (χ1n) is 11.0. The molecule has 5 rings (SSSR count). The Labute approximate surface area is 194 Å². The molecule has 0 saturated carbocycles. The number of fused-ring (bicyclic) bond motifs is 3. The topological polar surface area (TPSA) is 48.5 Å². The number of alkyl halides is 3. The summed E-state index contributed by atoms with van der Waals surface area (Å²) < 4.78 is 53.4. The van der Waals surface area contributed by atoms with Crippen LogP contribution in [0.4, 0.5) is 34.8 Å². The van der Waals surface area contributed by atoms with Crippen molar-refractivity contribution >= 4 is 23.1 Å². The van der Waals surface area contributed by atoms with Gasteiger partial charge in [0.15, 0.2) is 0 Å². The molecule has 0 spiro atoms. The highest BCUT2D eigenvalue weighted by Gasteiger charge is 2.43. The van der Waals surface area contributed by atoms with Gasteiger partial charge in [0, 0.05) is 37.2 Å². The molecule has 2 atom stereocenters. The van der Waals surface area contributed by atoms with E-state index in [4.69, 9.17) is 0 Å². The van der Waals surface area contributed by atoms with E-state index in [1.165, 1.54) is 30.3 Å². The number of aromatic nitrogens is 1. The van der Waals surface area contributed by atoms with Gasteiger partial charge in [0.05, 0.1) is 17.5 Å². The molecule has 1 amide bonds. The first kappa shape index (κ1) is 22.2. The van der Waals surface area contributed by atoms with Crippen molar-refractivity contribution in [2.45, 2.75) is 18.6 Å². The first-order chi connectivity index (χ1) is 16.3. The molecule has 2 aromatic carbocycles. The summed E-state index contributed by atoms with van der Waals surface area (Å²) in [6.07, 6.45) is -2.59. The molecule has 5 nitrogen and oxygen atoms in total. The molecule has 2 aliphatic rings. The third-order valence-corrected chi connectivity index (χ3v) is 6.46. The number of nitrogens with one attached hydrogen (secondary N) is 1. The van der Waals surface area contributed by atoms with Crippen LogP contribution in [-0.4, -0.2) is 36.6 Å². The molecule has 2 aliphatic heterocycles. The van der Waals surface area contributed by atoms with Crippen LogP contribution >= 0.6 is 0 Å². The fraction of sp³-hybridized carbons (Fsp3) is 0.280. The Kier molecular flexibility index (Phi) is 5.63. The molecule has 1 saturated heterocycles. The molecular weight excluding hydrogens is 448 g/mol. The maximum atomic E-state index is 13.4. The van der Waals surface area contributed by atoms with Gasteiger partial charge >= 0.3 is 6.18 Å². The van der Waals surface area contributed by atoms with Crippen molar-refractivity contribution in [3.05, 3.63) is 83.8 Å². The molecule has 3 aromatic rings. The standard InChI is InChI=1S/C25H22F4N4O/c26-18-5-7-19(8-6-18)31-24(34)20-14-16-13-17(25(27,28)29)4-9-21(16)33-12-11-32(15-22(20)33)23-3-1-2-10-30-23/h1-10,13,20,22H,11-12,14-15H2,(H,31,34). The predicted molar refractivity (Wildman–Crippen MR) is 121 cm³/mol. The van der Waals surface area contributed by atoms with Crippen molar-refractivity contribution in [2.24, 2.45) is 5.92 Å². The summed E-state index contributed by atoms with van der Waals surface area (Å²) in [4.78, 5) is 21.9. The Balaban J connectivity index is 1.48. The van der Waals surface area contributed by atoms with Crippen LogP contribution in [0, 0.1) is 11.7 Å². The second-order valence-corrected chi connectivity index (χ2v) is 8.54. The van der Waals surface area contributed by atoms with Gasteiger partial charge in [0.2, 0.25) is 5.91 Å². The van der Waals surface area contributed by atoms with Crippen LogP contribution in [-0.2, 0) is 17.4 Å². The fourth-order valence-electron chi connectivity index (χ4n) is 4.82. The molecular formula is C25H22F4N4O. The minimum absolute atomic E-state index is 0.170. The van der Waals surface area contributed by atoms with E-state index in [-0.39, 0.29) is 18.4 Å². The third kappa shape index (κ3) is 4.30. The zero-order valence-corrected chi connectivity index (χ0v) is 18.1. The Morgan fingerprint density at radius 1 is 1.03 bits per heavy atom. The highest BCUT2D eigenvalue weighted by molar-refractivity contribution is 5.94. The van der Waals surface area contributed by atoms with Gasteiger partial charge in [-0.05, 0) is 66.6 Å². The number of carbonyl (C=O) groups excluding carboxylic acids is 1. The van der Waals surface area contributed by atoms with Gasteiger partial charge in [-0.15, -0.1) is 0 Å². The van der Waals surface area contributed by atoms with E-state index in [0.29, 0.717) is 30.9 Å². The molecule has 0 radical (unpaired) electrons. The fourth-order valence-corrected chi connectivity index (χ4v) is 4.82.